The first kappa shape index (κ1) is 14.6. The number of nitrogens with zero attached hydrogens (tertiary/aromatic N) is 4. The quantitative estimate of drug-likeness (QED) is 0.896. The van der Waals surface area contributed by atoms with Crippen LogP contribution in [0.1, 0.15) is 24.2 Å². The summed E-state index contributed by atoms with van der Waals surface area (Å²) in [4.78, 5) is 24.9. The smallest absolute Gasteiger partial charge is 0.242 e. The van der Waals surface area contributed by atoms with E-state index in [1.54, 1.807) is 0 Å². The van der Waals surface area contributed by atoms with Crippen LogP contribution in [0.25, 0.3) is 0 Å². The average Bonchev–Trinajstić information content (AvgIpc) is 2.94. The Bertz CT molecular complexity index is 497. The van der Waals surface area contributed by atoms with E-state index < -0.39 is 0 Å². The zero-order valence-electron chi connectivity index (χ0n) is 12.7. The molecule has 0 aliphatic carbocycles. The Hall–Kier alpha value is -1.85. The van der Waals surface area contributed by atoms with Crippen molar-refractivity contribution < 1.29 is 4.79 Å². The molecule has 0 spiro atoms. The van der Waals surface area contributed by atoms with E-state index in [-0.39, 0.29) is 5.91 Å². The first-order chi connectivity index (χ1) is 9.52. The van der Waals surface area contributed by atoms with Crippen LogP contribution in [0, 0.1) is 13.8 Å². The fourth-order valence-corrected chi connectivity index (χ4v) is 2.57. The second-order valence-electron chi connectivity index (χ2n) is 5.26. The lowest BCUT2D eigenvalue weighted by Crippen LogP contribution is -2.38. The molecule has 2 rings (SSSR count). The van der Waals surface area contributed by atoms with Gasteiger partial charge in [-0.15, -0.1) is 0 Å². The van der Waals surface area contributed by atoms with Crippen molar-refractivity contribution in [1.82, 2.24) is 14.9 Å². The van der Waals surface area contributed by atoms with Crippen LogP contribution in [0.3, 0.4) is 0 Å². The Morgan fingerprint density at radius 3 is 2.55 bits per heavy atom. The molecule has 2 heterocycles. The second-order valence-corrected chi connectivity index (χ2v) is 5.26. The number of rotatable bonds is 4. The number of aryl methyl sites for hydroxylation is 1. The Morgan fingerprint density at radius 2 is 1.95 bits per heavy atom. The van der Waals surface area contributed by atoms with Crippen molar-refractivity contribution in [2.75, 3.05) is 43.9 Å². The summed E-state index contributed by atoms with van der Waals surface area (Å²) in [6.45, 7) is 5.96. The van der Waals surface area contributed by atoms with Gasteiger partial charge < -0.3 is 15.1 Å². The van der Waals surface area contributed by atoms with Crippen molar-refractivity contribution in [3.63, 3.8) is 0 Å². The second kappa shape index (κ2) is 6.07. The van der Waals surface area contributed by atoms with Crippen LogP contribution in [-0.2, 0) is 4.79 Å². The molecule has 1 N–H and O–H groups in total. The van der Waals surface area contributed by atoms with Gasteiger partial charge in [-0.25, -0.2) is 9.97 Å². The molecule has 1 aliphatic heterocycles. The lowest BCUT2D eigenvalue weighted by atomic mass is 10.2. The molecule has 1 aromatic heterocycles. The Balaban J connectivity index is 2.14. The Labute approximate surface area is 120 Å². The normalized spacial score (nSPS) is 14.5. The number of nitrogens with one attached hydrogen (secondary N) is 1. The van der Waals surface area contributed by atoms with Gasteiger partial charge in [-0.3, -0.25) is 4.79 Å². The maximum Gasteiger partial charge on any atom is 0.242 e. The van der Waals surface area contributed by atoms with Crippen LogP contribution in [0.4, 0.5) is 11.6 Å². The van der Waals surface area contributed by atoms with E-state index >= 15 is 0 Å². The molecule has 0 radical (unpaired) electrons. The monoisotopic (exact) mass is 277 g/mol. The van der Waals surface area contributed by atoms with E-state index in [2.05, 4.69) is 15.3 Å². The highest BCUT2D eigenvalue weighted by Gasteiger charge is 2.21. The molecular formula is C14H23N5O. The van der Waals surface area contributed by atoms with Crippen LogP contribution in [0.15, 0.2) is 0 Å². The molecule has 20 heavy (non-hydrogen) atoms. The predicted octanol–water partition coefficient (Wildman–Crippen LogP) is 1.19. The fraction of sp³-hybridized carbons (Fsp3) is 0.643. The van der Waals surface area contributed by atoms with E-state index in [0.29, 0.717) is 12.4 Å². The largest absolute Gasteiger partial charge is 0.373 e. The third-order valence-corrected chi connectivity index (χ3v) is 3.66. The van der Waals surface area contributed by atoms with Gasteiger partial charge in [0.25, 0.3) is 0 Å². The molecule has 1 fully saturated rings. The third kappa shape index (κ3) is 3.00. The van der Waals surface area contributed by atoms with Crippen LogP contribution in [-0.4, -0.2) is 54.5 Å². The lowest BCUT2D eigenvalue weighted by Gasteiger charge is -2.24. The number of likely N-dealkylation sites (tertiary alicyclic amines) is 1. The van der Waals surface area contributed by atoms with Crippen LogP contribution in [0.2, 0.25) is 0 Å². The zero-order chi connectivity index (χ0) is 14.7. The number of hydrogen-bond donors (Lipinski definition) is 1. The van der Waals surface area contributed by atoms with Crippen molar-refractivity contribution in [2.24, 2.45) is 0 Å². The van der Waals surface area contributed by atoms with Gasteiger partial charge >= 0.3 is 0 Å². The van der Waals surface area contributed by atoms with E-state index in [4.69, 9.17) is 0 Å². The van der Waals surface area contributed by atoms with E-state index in [0.717, 1.165) is 43.1 Å². The van der Waals surface area contributed by atoms with Crippen LogP contribution in [0.5, 0.6) is 0 Å². The molecule has 0 bridgehead atoms. The number of aromatic nitrogens is 2. The molecule has 0 unspecified atom stereocenters. The zero-order valence-corrected chi connectivity index (χ0v) is 12.7. The fourth-order valence-electron chi connectivity index (χ4n) is 2.57. The Kier molecular flexibility index (Phi) is 4.42. The van der Waals surface area contributed by atoms with Crippen molar-refractivity contribution in [3.05, 3.63) is 11.4 Å². The number of likely N-dealkylation sites (N-methyl/N-ethyl adjacent to an activating group) is 1. The van der Waals surface area contributed by atoms with Gasteiger partial charge in [0, 0.05) is 32.7 Å². The molecule has 6 heteroatoms. The van der Waals surface area contributed by atoms with Gasteiger partial charge in [-0.2, -0.15) is 0 Å². The molecule has 6 nitrogen and oxygen atoms in total. The van der Waals surface area contributed by atoms with Gasteiger partial charge in [0.15, 0.2) is 0 Å². The average molecular weight is 277 g/mol. The number of hydrogen-bond acceptors (Lipinski definition) is 5. The highest BCUT2D eigenvalue weighted by atomic mass is 16.2. The van der Waals surface area contributed by atoms with Gasteiger partial charge in [0.2, 0.25) is 5.91 Å². The predicted molar refractivity (Wildman–Crippen MR) is 80.1 cm³/mol. The minimum atomic E-state index is 0.173. The molecule has 1 amide bonds. The summed E-state index contributed by atoms with van der Waals surface area (Å²) in [6, 6.07) is 0. The van der Waals surface area contributed by atoms with Crippen LogP contribution < -0.4 is 10.2 Å². The molecular weight excluding hydrogens is 254 g/mol. The maximum atomic E-state index is 12.2. The maximum absolute atomic E-state index is 12.2. The van der Waals surface area contributed by atoms with E-state index in [9.17, 15) is 4.79 Å². The summed E-state index contributed by atoms with van der Waals surface area (Å²) in [5, 5.41) is 3.07. The summed E-state index contributed by atoms with van der Waals surface area (Å²) in [6.07, 6.45) is 2.23. The van der Waals surface area contributed by atoms with E-state index in [1.807, 2.05) is 37.7 Å². The number of carbonyl (C=O) groups excluding carboxylic acids is 1. The standard InChI is InChI=1S/C14H23N5O/c1-10-13(15-3)16-11(2)17-14(10)18(4)9-12(20)19-7-5-6-8-19/h5-9H2,1-4H3,(H,15,16,17). The SMILES string of the molecule is CNc1nc(C)nc(N(C)CC(=O)N2CCCC2)c1C. The highest BCUT2D eigenvalue weighted by Crippen LogP contribution is 2.22. The number of carbonyl (C=O) groups is 1. The van der Waals surface area contributed by atoms with Crippen molar-refractivity contribution in [2.45, 2.75) is 26.7 Å². The Morgan fingerprint density at radius 1 is 1.30 bits per heavy atom. The molecule has 1 saturated heterocycles. The first-order valence-electron chi connectivity index (χ1n) is 7.05. The molecule has 110 valence electrons. The minimum Gasteiger partial charge on any atom is -0.373 e. The molecule has 0 saturated carbocycles. The summed E-state index contributed by atoms with van der Waals surface area (Å²) in [5.41, 5.74) is 0.967. The van der Waals surface area contributed by atoms with Gasteiger partial charge in [-0.05, 0) is 26.7 Å². The number of anilines is 2. The van der Waals surface area contributed by atoms with E-state index in [1.165, 1.54) is 0 Å². The number of amides is 1. The van der Waals surface area contributed by atoms with Gasteiger partial charge in [-0.1, -0.05) is 0 Å². The van der Waals surface area contributed by atoms with Crippen molar-refractivity contribution in [1.29, 1.82) is 0 Å². The third-order valence-electron chi connectivity index (χ3n) is 3.66. The summed E-state index contributed by atoms with van der Waals surface area (Å²) in [7, 11) is 3.75. The van der Waals surface area contributed by atoms with Crippen LogP contribution >= 0.6 is 0 Å². The lowest BCUT2D eigenvalue weighted by molar-refractivity contribution is -0.128. The molecule has 0 aromatic carbocycles. The molecule has 1 aliphatic rings. The summed E-state index contributed by atoms with van der Waals surface area (Å²) < 4.78 is 0. The highest BCUT2D eigenvalue weighted by molar-refractivity contribution is 5.81. The molecule has 0 atom stereocenters. The molecule has 1 aromatic rings. The van der Waals surface area contributed by atoms with Gasteiger partial charge in [0.05, 0.1) is 6.54 Å². The topological polar surface area (TPSA) is 61.4 Å². The summed E-state index contributed by atoms with van der Waals surface area (Å²) in [5.74, 6) is 2.50. The van der Waals surface area contributed by atoms with Crippen molar-refractivity contribution >= 4 is 17.5 Å². The minimum absolute atomic E-state index is 0.173. The van der Waals surface area contributed by atoms with Gasteiger partial charge in [0.1, 0.15) is 17.5 Å². The first-order valence-corrected chi connectivity index (χ1v) is 7.05. The summed E-state index contributed by atoms with van der Waals surface area (Å²) >= 11 is 0. The van der Waals surface area contributed by atoms with Crippen molar-refractivity contribution in [3.8, 4) is 0 Å².